The van der Waals surface area contributed by atoms with Gasteiger partial charge in [-0.25, -0.2) is 4.79 Å². The lowest BCUT2D eigenvalue weighted by atomic mass is 9.79. The van der Waals surface area contributed by atoms with Crippen LogP contribution in [0.15, 0.2) is 71.4 Å². The Morgan fingerprint density at radius 2 is 1.70 bits per heavy atom. The zero-order chi connectivity index (χ0) is 23.4. The number of ether oxygens (including phenoxy) is 1. The van der Waals surface area contributed by atoms with Crippen LogP contribution in [0.4, 0.5) is 0 Å². The lowest BCUT2D eigenvalue weighted by Gasteiger charge is -2.29. The molecule has 0 bridgehead atoms. The zero-order valence-corrected chi connectivity index (χ0v) is 19.6. The molecule has 5 nitrogen and oxygen atoms in total. The van der Waals surface area contributed by atoms with Gasteiger partial charge in [0.15, 0.2) is 5.78 Å². The lowest BCUT2D eigenvalue weighted by molar-refractivity contribution is -0.136. The third-order valence-corrected chi connectivity index (χ3v) is 6.77. The first-order valence-corrected chi connectivity index (χ1v) is 11.1. The Hall–Kier alpha value is -3.57. The average molecular weight is 459 g/mol. The number of ketones is 1. The molecule has 0 fully saturated rings. The Morgan fingerprint density at radius 1 is 1.03 bits per heavy atom. The topological polar surface area (TPSA) is 60.3 Å². The molecule has 1 aliphatic heterocycles. The van der Waals surface area contributed by atoms with Crippen LogP contribution in [-0.4, -0.2) is 23.4 Å². The Labute approximate surface area is 197 Å². The summed E-state index contributed by atoms with van der Waals surface area (Å²) in [7, 11) is 1.37. The van der Waals surface area contributed by atoms with E-state index in [0.717, 1.165) is 33.9 Å². The van der Waals surface area contributed by atoms with Gasteiger partial charge >= 0.3 is 5.97 Å². The van der Waals surface area contributed by atoms with Crippen molar-refractivity contribution < 1.29 is 14.3 Å². The number of hydrogen-bond donors (Lipinski definition) is 1. The molecule has 1 aliphatic carbocycles. The zero-order valence-electron chi connectivity index (χ0n) is 18.8. The summed E-state index contributed by atoms with van der Waals surface area (Å²) >= 11 is 6.10. The highest BCUT2D eigenvalue weighted by molar-refractivity contribution is 6.30. The van der Waals surface area contributed by atoms with Gasteiger partial charge in [-0.3, -0.25) is 4.79 Å². The van der Waals surface area contributed by atoms with Crippen molar-refractivity contribution in [3.8, 4) is 5.69 Å². The second kappa shape index (κ2) is 7.78. The summed E-state index contributed by atoms with van der Waals surface area (Å²) in [6, 6.07) is 17.2. The van der Waals surface area contributed by atoms with Crippen molar-refractivity contribution in [3.05, 3.63) is 105 Å². The van der Waals surface area contributed by atoms with Crippen molar-refractivity contribution in [3.63, 3.8) is 0 Å². The maximum atomic E-state index is 13.6. The summed E-state index contributed by atoms with van der Waals surface area (Å²) < 4.78 is 7.27. The molecule has 0 saturated heterocycles. The molecule has 166 valence electrons. The molecule has 1 atom stereocenters. The van der Waals surface area contributed by atoms with Gasteiger partial charge in [0.1, 0.15) is 0 Å². The van der Waals surface area contributed by atoms with Gasteiger partial charge in [-0.1, -0.05) is 35.9 Å². The van der Waals surface area contributed by atoms with Gasteiger partial charge in [-0.15, -0.1) is 0 Å². The number of carbonyl (C=O) groups is 2. The number of nitrogens with zero attached hydrogens (tertiary/aromatic N) is 1. The molecule has 2 aliphatic rings. The molecule has 1 N–H and O–H groups in total. The number of esters is 1. The number of fused-ring (bicyclic) bond motifs is 2. The summed E-state index contributed by atoms with van der Waals surface area (Å²) in [6.07, 6.45) is 0. The molecule has 6 heteroatoms. The van der Waals surface area contributed by atoms with E-state index >= 15 is 0 Å². The van der Waals surface area contributed by atoms with Gasteiger partial charge in [0.2, 0.25) is 0 Å². The maximum Gasteiger partial charge on any atom is 0.336 e. The molecule has 33 heavy (non-hydrogen) atoms. The number of benzene rings is 2. The smallest absolute Gasteiger partial charge is 0.336 e. The lowest BCUT2D eigenvalue weighted by Crippen LogP contribution is -2.29. The fourth-order valence-corrected chi connectivity index (χ4v) is 5.21. The van der Waals surface area contributed by atoms with Crippen molar-refractivity contribution in [1.82, 2.24) is 9.88 Å². The highest BCUT2D eigenvalue weighted by atomic mass is 35.5. The average Bonchev–Trinajstić information content (AvgIpc) is 3.26. The Morgan fingerprint density at radius 3 is 2.36 bits per heavy atom. The standard InChI is InChI=1S/C27H23ClN2O3/c1-14-13-21(16(3)30(14)18-11-9-17(28)10-12-18)23-22(27(32)33-4)15(2)29-25-19-7-5-6-8-20(19)26(31)24(23)25/h5-13,23,29H,1-4H3/t23-/m1/s1. The van der Waals surface area contributed by atoms with Crippen molar-refractivity contribution in [1.29, 1.82) is 0 Å². The molecular formula is C27H23ClN2O3. The van der Waals surface area contributed by atoms with Gasteiger partial charge in [0.05, 0.1) is 24.3 Å². The van der Waals surface area contributed by atoms with Crippen LogP contribution in [-0.2, 0) is 9.53 Å². The highest BCUT2D eigenvalue weighted by Crippen LogP contribution is 2.48. The number of rotatable bonds is 3. The minimum Gasteiger partial charge on any atom is -0.466 e. The summed E-state index contributed by atoms with van der Waals surface area (Å²) in [5, 5.41) is 3.99. The Kier molecular flexibility index (Phi) is 5.02. The number of halogens is 1. The first-order valence-electron chi connectivity index (χ1n) is 10.7. The molecule has 1 aromatic heterocycles. The van der Waals surface area contributed by atoms with Crippen LogP contribution in [0.3, 0.4) is 0 Å². The monoisotopic (exact) mass is 458 g/mol. The first-order chi connectivity index (χ1) is 15.8. The van der Waals surface area contributed by atoms with E-state index in [2.05, 4.69) is 16.0 Å². The first kappa shape index (κ1) is 21.3. The van der Waals surface area contributed by atoms with Crippen molar-refractivity contribution in [2.45, 2.75) is 26.7 Å². The fraction of sp³-hybridized carbons (Fsp3) is 0.185. The van der Waals surface area contributed by atoms with Crippen LogP contribution < -0.4 is 5.32 Å². The van der Waals surface area contributed by atoms with Crippen LogP contribution in [0.1, 0.15) is 45.7 Å². The van der Waals surface area contributed by atoms with E-state index in [4.69, 9.17) is 16.3 Å². The number of hydrogen-bond acceptors (Lipinski definition) is 4. The third kappa shape index (κ3) is 3.15. The summed E-state index contributed by atoms with van der Waals surface area (Å²) in [4.78, 5) is 26.6. The highest BCUT2D eigenvalue weighted by Gasteiger charge is 2.43. The van der Waals surface area contributed by atoms with Gasteiger partial charge in [0, 0.05) is 44.5 Å². The van der Waals surface area contributed by atoms with Crippen molar-refractivity contribution >= 4 is 29.1 Å². The van der Waals surface area contributed by atoms with Gasteiger partial charge in [-0.2, -0.15) is 0 Å². The number of aromatic nitrogens is 1. The van der Waals surface area contributed by atoms with Crippen LogP contribution in [0, 0.1) is 13.8 Å². The number of allylic oxidation sites excluding steroid dienone is 2. The second-order valence-corrected chi connectivity index (χ2v) is 8.83. The SMILES string of the molecule is COC(=O)C1=C(C)NC2=C(C(=O)c3ccccc32)[C@@H]1c1cc(C)n(-c2ccc(Cl)cc2)c1C. The van der Waals surface area contributed by atoms with Crippen LogP contribution in [0.5, 0.6) is 0 Å². The molecule has 0 radical (unpaired) electrons. The van der Waals surface area contributed by atoms with Gasteiger partial charge in [0.25, 0.3) is 0 Å². The van der Waals surface area contributed by atoms with Crippen LogP contribution in [0.25, 0.3) is 11.4 Å². The number of carbonyl (C=O) groups excluding carboxylic acids is 2. The largest absolute Gasteiger partial charge is 0.466 e. The van der Waals surface area contributed by atoms with E-state index in [1.807, 2.05) is 69.3 Å². The summed E-state index contributed by atoms with van der Waals surface area (Å²) in [5.41, 5.74) is 7.80. The molecule has 5 rings (SSSR count). The Bertz CT molecular complexity index is 1390. The normalized spacial score (nSPS) is 17.1. The molecule has 3 aromatic rings. The van der Waals surface area contributed by atoms with Crippen molar-refractivity contribution in [2.24, 2.45) is 0 Å². The molecule has 0 amide bonds. The van der Waals surface area contributed by atoms with Gasteiger partial charge in [-0.05, 0) is 56.7 Å². The summed E-state index contributed by atoms with van der Waals surface area (Å²) in [5.74, 6) is -1.05. The van der Waals surface area contributed by atoms with E-state index in [1.54, 1.807) is 0 Å². The molecule has 0 spiro atoms. The summed E-state index contributed by atoms with van der Waals surface area (Å²) in [6.45, 7) is 5.88. The number of aryl methyl sites for hydroxylation is 1. The van der Waals surface area contributed by atoms with E-state index in [1.165, 1.54) is 7.11 Å². The second-order valence-electron chi connectivity index (χ2n) is 8.39. The predicted octanol–water partition coefficient (Wildman–Crippen LogP) is 5.49. The number of dihydropyridines is 1. The number of methoxy groups -OCH3 is 1. The Balaban J connectivity index is 1.75. The van der Waals surface area contributed by atoms with Crippen molar-refractivity contribution in [2.75, 3.05) is 7.11 Å². The minimum atomic E-state index is -0.541. The van der Waals surface area contributed by atoms with Crippen LogP contribution >= 0.6 is 11.6 Å². The molecule has 0 saturated carbocycles. The van der Waals surface area contributed by atoms with E-state index < -0.39 is 11.9 Å². The maximum absolute atomic E-state index is 13.6. The molecular weight excluding hydrogens is 436 g/mol. The third-order valence-electron chi connectivity index (χ3n) is 6.52. The van der Waals surface area contributed by atoms with Gasteiger partial charge < -0.3 is 14.6 Å². The quantitative estimate of drug-likeness (QED) is 0.527. The molecule has 2 aromatic carbocycles. The molecule has 0 unspecified atom stereocenters. The van der Waals surface area contributed by atoms with E-state index in [0.29, 0.717) is 27.4 Å². The van der Waals surface area contributed by atoms with Crippen LogP contribution in [0.2, 0.25) is 5.02 Å². The predicted molar refractivity (Wildman–Crippen MR) is 129 cm³/mol. The number of nitrogens with one attached hydrogen (secondary N) is 1. The number of Topliss-reactive ketones (excluding diaryl/α,β-unsaturated/α-hetero) is 1. The minimum absolute atomic E-state index is 0.0664. The fourth-order valence-electron chi connectivity index (χ4n) is 5.09. The van der Waals surface area contributed by atoms with E-state index in [9.17, 15) is 9.59 Å². The van der Waals surface area contributed by atoms with E-state index in [-0.39, 0.29) is 5.78 Å². The molecule has 2 heterocycles.